The van der Waals surface area contributed by atoms with E-state index >= 15 is 0 Å². The molecule has 0 radical (unpaired) electrons. The summed E-state index contributed by atoms with van der Waals surface area (Å²) in [6.45, 7) is 2.20. The Bertz CT molecular complexity index is 664. The molecule has 2 aromatic rings. The molecular weight excluding hydrogens is 252 g/mol. The maximum Gasteiger partial charge on any atom is 0.184 e. The second-order valence-corrected chi connectivity index (χ2v) is 5.15. The Labute approximate surface area is 118 Å². The van der Waals surface area contributed by atoms with Gasteiger partial charge < -0.3 is 4.57 Å². The van der Waals surface area contributed by atoms with E-state index < -0.39 is 0 Å². The fourth-order valence-corrected chi connectivity index (χ4v) is 2.83. The van der Waals surface area contributed by atoms with Crippen molar-refractivity contribution in [2.24, 2.45) is 5.92 Å². The minimum Gasteiger partial charge on any atom is -0.320 e. The summed E-state index contributed by atoms with van der Waals surface area (Å²) in [5.74, 6) is 0.429. The molecule has 0 saturated carbocycles. The van der Waals surface area contributed by atoms with E-state index in [0.29, 0.717) is 12.0 Å². The highest BCUT2D eigenvalue weighted by molar-refractivity contribution is 7.71. The average Bonchev–Trinajstić information content (AvgIpc) is 3.08. The standard InChI is InChI=1S/C16H16N2S/c1-13(14-7-5-6-8-14)17-11-12-18(16(17)19)15-9-3-2-4-10-15/h2-14H,1H3/t13-/m1/s1. The molecule has 19 heavy (non-hydrogen) atoms. The molecule has 0 saturated heterocycles. The lowest BCUT2D eigenvalue weighted by Crippen LogP contribution is -2.12. The van der Waals surface area contributed by atoms with E-state index in [1.165, 1.54) is 0 Å². The van der Waals surface area contributed by atoms with Crippen LogP contribution < -0.4 is 0 Å². The molecule has 0 N–H and O–H groups in total. The van der Waals surface area contributed by atoms with Crippen molar-refractivity contribution in [2.75, 3.05) is 0 Å². The normalized spacial score (nSPS) is 16.1. The molecule has 1 aliphatic carbocycles. The summed E-state index contributed by atoms with van der Waals surface area (Å²) < 4.78 is 5.05. The van der Waals surface area contributed by atoms with Gasteiger partial charge in [-0.05, 0) is 31.3 Å². The number of hydrogen-bond acceptors (Lipinski definition) is 1. The molecule has 3 heteroatoms. The zero-order valence-electron chi connectivity index (χ0n) is 10.8. The number of para-hydroxylation sites is 1. The maximum absolute atomic E-state index is 5.60. The Morgan fingerprint density at radius 3 is 2.42 bits per heavy atom. The first-order valence-corrected chi connectivity index (χ1v) is 6.88. The first-order chi connectivity index (χ1) is 9.27. The Morgan fingerprint density at radius 1 is 1.05 bits per heavy atom. The van der Waals surface area contributed by atoms with Crippen molar-refractivity contribution in [2.45, 2.75) is 13.0 Å². The SMILES string of the molecule is C[C@H](C1C=CC=C1)n1ccn(-c2ccccc2)c1=S. The summed E-state index contributed by atoms with van der Waals surface area (Å²) in [4.78, 5) is 0. The third-order valence-corrected chi connectivity index (χ3v) is 4.02. The van der Waals surface area contributed by atoms with Crippen LogP contribution in [-0.2, 0) is 0 Å². The fourth-order valence-electron chi connectivity index (χ4n) is 2.44. The van der Waals surface area contributed by atoms with Gasteiger partial charge in [0, 0.05) is 30.0 Å². The lowest BCUT2D eigenvalue weighted by Gasteiger charge is -2.17. The van der Waals surface area contributed by atoms with Gasteiger partial charge in [-0.1, -0.05) is 42.5 Å². The molecule has 0 unspecified atom stereocenters. The third-order valence-electron chi connectivity index (χ3n) is 3.61. The molecule has 1 aromatic heterocycles. The van der Waals surface area contributed by atoms with E-state index in [0.717, 1.165) is 10.5 Å². The average molecular weight is 268 g/mol. The minimum absolute atomic E-state index is 0.340. The van der Waals surface area contributed by atoms with Gasteiger partial charge in [0.25, 0.3) is 0 Å². The highest BCUT2D eigenvalue weighted by Gasteiger charge is 2.16. The van der Waals surface area contributed by atoms with Gasteiger partial charge in [0.05, 0.1) is 0 Å². The van der Waals surface area contributed by atoms with Crippen LogP contribution in [0.1, 0.15) is 13.0 Å². The molecule has 96 valence electrons. The van der Waals surface area contributed by atoms with Gasteiger partial charge in [-0.15, -0.1) is 0 Å². The first-order valence-electron chi connectivity index (χ1n) is 6.47. The van der Waals surface area contributed by atoms with Gasteiger partial charge in [0.2, 0.25) is 0 Å². The van der Waals surface area contributed by atoms with Crippen molar-refractivity contribution in [1.82, 2.24) is 9.13 Å². The molecule has 3 rings (SSSR count). The lowest BCUT2D eigenvalue weighted by atomic mass is 10.0. The molecular formula is C16H16N2S. The fraction of sp³-hybridized carbons (Fsp3) is 0.188. The third kappa shape index (κ3) is 2.22. The summed E-state index contributed by atoms with van der Waals surface area (Å²) in [5, 5.41) is 0. The predicted octanol–water partition coefficient (Wildman–Crippen LogP) is 4.31. The number of hydrogen-bond donors (Lipinski definition) is 0. The minimum atomic E-state index is 0.340. The molecule has 1 atom stereocenters. The molecule has 2 nitrogen and oxygen atoms in total. The number of imidazole rings is 1. The van der Waals surface area contributed by atoms with E-state index in [9.17, 15) is 0 Å². The van der Waals surface area contributed by atoms with Crippen LogP contribution in [0.3, 0.4) is 0 Å². The van der Waals surface area contributed by atoms with Crippen LogP contribution in [0.15, 0.2) is 67.0 Å². The summed E-state index contributed by atoms with van der Waals surface area (Å²) in [5.41, 5.74) is 1.11. The summed E-state index contributed by atoms with van der Waals surface area (Å²) >= 11 is 5.60. The molecule has 0 bridgehead atoms. The summed E-state index contributed by atoms with van der Waals surface area (Å²) in [6, 6.07) is 10.6. The first kappa shape index (κ1) is 12.2. The topological polar surface area (TPSA) is 9.86 Å². The van der Waals surface area contributed by atoms with Crippen molar-refractivity contribution in [3.8, 4) is 5.69 Å². The van der Waals surface area contributed by atoms with Crippen LogP contribution in [0, 0.1) is 10.7 Å². The van der Waals surface area contributed by atoms with Crippen LogP contribution in [-0.4, -0.2) is 9.13 Å². The van der Waals surface area contributed by atoms with Gasteiger partial charge in [0.15, 0.2) is 4.77 Å². The van der Waals surface area contributed by atoms with Gasteiger partial charge >= 0.3 is 0 Å². The second kappa shape index (κ2) is 5.02. The number of allylic oxidation sites excluding steroid dienone is 4. The molecule has 1 heterocycles. The van der Waals surface area contributed by atoms with Crippen molar-refractivity contribution in [3.05, 3.63) is 71.8 Å². The van der Waals surface area contributed by atoms with Gasteiger partial charge in [0.1, 0.15) is 0 Å². The Kier molecular flexibility index (Phi) is 3.22. The summed E-state index contributed by atoms with van der Waals surface area (Å²) in [7, 11) is 0. The van der Waals surface area contributed by atoms with Crippen molar-refractivity contribution < 1.29 is 0 Å². The predicted molar refractivity (Wildman–Crippen MR) is 81.1 cm³/mol. The highest BCUT2D eigenvalue weighted by Crippen LogP contribution is 2.25. The summed E-state index contributed by atoms with van der Waals surface area (Å²) in [6.07, 6.45) is 12.7. The molecule has 0 spiro atoms. The quantitative estimate of drug-likeness (QED) is 0.754. The van der Waals surface area contributed by atoms with Crippen LogP contribution >= 0.6 is 12.2 Å². The zero-order chi connectivity index (χ0) is 13.2. The number of rotatable bonds is 3. The zero-order valence-corrected chi connectivity index (χ0v) is 11.6. The van der Waals surface area contributed by atoms with E-state index in [4.69, 9.17) is 12.2 Å². The van der Waals surface area contributed by atoms with Crippen LogP contribution in [0.5, 0.6) is 0 Å². The van der Waals surface area contributed by atoms with Gasteiger partial charge in [-0.3, -0.25) is 4.57 Å². The maximum atomic E-state index is 5.60. The van der Waals surface area contributed by atoms with Crippen LogP contribution in [0.2, 0.25) is 0 Å². The molecule has 0 aliphatic heterocycles. The highest BCUT2D eigenvalue weighted by atomic mass is 32.1. The second-order valence-electron chi connectivity index (χ2n) is 4.78. The van der Waals surface area contributed by atoms with Gasteiger partial charge in [-0.25, -0.2) is 0 Å². The van der Waals surface area contributed by atoms with E-state index in [1.54, 1.807) is 0 Å². The van der Waals surface area contributed by atoms with Gasteiger partial charge in [-0.2, -0.15) is 0 Å². The van der Waals surface area contributed by atoms with E-state index in [2.05, 4.69) is 54.1 Å². The molecule has 0 fully saturated rings. The lowest BCUT2D eigenvalue weighted by molar-refractivity contribution is 0.472. The number of nitrogens with zero attached hydrogens (tertiary/aromatic N) is 2. The molecule has 1 aliphatic rings. The number of benzene rings is 1. The monoisotopic (exact) mass is 268 g/mol. The largest absolute Gasteiger partial charge is 0.320 e. The molecule has 1 aromatic carbocycles. The van der Waals surface area contributed by atoms with Crippen molar-refractivity contribution >= 4 is 12.2 Å². The smallest absolute Gasteiger partial charge is 0.184 e. The Morgan fingerprint density at radius 2 is 1.74 bits per heavy atom. The Balaban J connectivity index is 1.97. The Hall–Kier alpha value is -1.87. The van der Waals surface area contributed by atoms with Crippen LogP contribution in [0.25, 0.3) is 5.69 Å². The van der Waals surface area contributed by atoms with Crippen molar-refractivity contribution in [3.63, 3.8) is 0 Å². The van der Waals surface area contributed by atoms with E-state index in [1.807, 2.05) is 29.0 Å². The van der Waals surface area contributed by atoms with E-state index in [-0.39, 0.29) is 0 Å². The number of aromatic nitrogens is 2. The van der Waals surface area contributed by atoms with Crippen molar-refractivity contribution in [1.29, 1.82) is 0 Å². The molecule has 0 amide bonds. The van der Waals surface area contributed by atoms with Crippen LogP contribution in [0.4, 0.5) is 0 Å².